The zero-order chi connectivity index (χ0) is 17.8. The molecule has 0 N–H and O–H groups in total. The number of carbonyl (C=O) groups excluding carboxylic acids is 1. The van der Waals surface area contributed by atoms with Gasteiger partial charge >= 0.3 is 0 Å². The average molecular weight is 355 g/mol. The van der Waals surface area contributed by atoms with Crippen molar-refractivity contribution in [1.82, 2.24) is 4.98 Å². The van der Waals surface area contributed by atoms with Gasteiger partial charge in [0.05, 0.1) is 27.0 Å². The maximum absolute atomic E-state index is 12.8. The molecule has 0 aliphatic carbocycles. The van der Waals surface area contributed by atoms with E-state index in [-0.39, 0.29) is 5.78 Å². The maximum atomic E-state index is 12.8. The molecular formula is C19H17NO4S. The lowest BCUT2D eigenvalue weighted by Crippen LogP contribution is -2.04. The molecule has 0 amide bonds. The zero-order valence-corrected chi connectivity index (χ0v) is 14.9. The SMILES string of the molecule is COc1cc(C(=O)c2nc(-c3ccccc3)cs2)cc(OC)c1OC. The van der Waals surface area contributed by atoms with E-state index in [1.165, 1.54) is 32.7 Å². The van der Waals surface area contributed by atoms with Gasteiger partial charge in [0.1, 0.15) is 0 Å². The molecule has 25 heavy (non-hydrogen) atoms. The number of ketones is 1. The minimum absolute atomic E-state index is 0.188. The first-order valence-electron chi connectivity index (χ1n) is 7.53. The highest BCUT2D eigenvalue weighted by Crippen LogP contribution is 2.39. The van der Waals surface area contributed by atoms with Gasteiger partial charge in [-0.2, -0.15) is 0 Å². The third kappa shape index (κ3) is 3.34. The summed E-state index contributed by atoms with van der Waals surface area (Å²) in [5.41, 5.74) is 2.19. The van der Waals surface area contributed by atoms with Crippen LogP contribution in [-0.4, -0.2) is 32.1 Å². The van der Waals surface area contributed by atoms with Crippen molar-refractivity contribution in [1.29, 1.82) is 0 Å². The Hall–Kier alpha value is -2.86. The second kappa shape index (κ2) is 7.36. The molecule has 0 saturated carbocycles. The van der Waals surface area contributed by atoms with Crippen LogP contribution in [0.2, 0.25) is 0 Å². The van der Waals surface area contributed by atoms with Crippen molar-refractivity contribution >= 4 is 17.1 Å². The molecule has 0 atom stereocenters. The fraction of sp³-hybridized carbons (Fsp3) is 0.158. The summed E-state index contributed by atoms with van der Waals surface area (Å²) in [7, 11) is 4.56. The van der Waals surface area contributed by atoms with Gasteiger partial charge < -0.3 is 14.2 Å². The summed E-state index contributed by atoms with van der Waals surface area (Å²) >= 11 is 1.31. The molecule has 2 aromatic carbocycles. The van der Waals surface area contributed by atoms with E-state index in [1.54, 1.807) is 12.1 Å². The lowest BCUT2D eigenvalue weighted by molar-refractivity contribution is 0.103. The predicted molar refractivity (Wildman–Crippen MR) is 97.1 cm³/mol. The summed E-state index contributed by atoms with van der Waals surface area (Å²) in [5, 5.41) is 2.29. The Kier molecular flexibility index (Phi) is 5.00. The number of benzene rings is 2. The van der Waals surface area contributed by atoms with E-state index in [1.807, 2.05) is 35.7 Å². The number of carbonyl (C=O) groups is 1. The van der Waals surface area contributed by atoms with Crippen LogP contribution < -0.4 is 14.2 Å². The van der Waals surface area contributed by atoms with Crippen molar-refractivity contribution < 1.29 is 19.0 Å². The molecule has 3 aromatic rings. The van der Waals surface area contributed by atoms with Crippen LogP contribution in [0, 0.1) is 0 Å². The lowest BCUT2D eigenvalue weighted by Gasteiger charge is -2.13. The van der Waals surface area contributed by atoms with E-state index in [4.69, 9.17) is 14.2 Å². The largest absolute Gasteiger partial charge is 0.493 e. The van der Waals surface area contributed by atoms with Gasteiger partial charge in [0.2, 0.25) is 11.5 Å². The number of ether oxygens (including phenoxy) is 3. The van der Waals surface area contributed by atoms with Crippen LogP contribution in [0.5, 0.6) is 17.2 Å². The third-order valence-electron chi connectivity index (χ3n) is 3.69. The molecule has 0 aliphatic rings. The summed E-state index contributed by atoms with van der Waals surface area (Å²) in [4.78, 5) is 17.3. The highest BCUT2D eigenvalue weighted by molar-refractivity contribution is 7.12. The van der Waals surface area contributed by atoms with Crippen LogP contribution in [0.3, 0.4) is 0 Å². The number of rotatable bonds is 6. The molecule has 6 heteroatoms. The van der Waals surface area contributed by atoms with Crippen LogP contribution in [0.15, 0.2) is 47.8 Å². The summed E-state index contributed by atoms with van der Waals surface area (Å²) < 4.78 is 15.9. The molecule has 5 nitrogen and oxygen atoms in total. The minimum atomic E-state index is -0.188. The Morgan fingerprint density at radius 3 is 2.16 bits per heavy atom. The van der Waals surface area contributed by atoms with E-state index in [0.717, 1.165) is 11.3 Å². The Morgan fingerprint density at radius 1 is 0.960 bits per heavy atom. The number of nitrogens with zero attached hydrogens (tertiary/aromatic N) is 1. The van der Waals surface area contributed by atoms with Gasteiger partial charge in [-0.25, -0.2) is 4.98 Å². The van der Waals surface area contributed by atoms with Crippen molar-refractivity contribution in [2.75, 3.05) is 21.3 Å². The number of thiazole rings is 1. The Labute approximate surface area is 149 Å². The highest BCUT2D eigenvalue weighted by Gasteiger charge is 2.20. The quantitative estimate of drug-likeness (QED) is 0.624. The molecule has 0 unspecified atom stereocenters. The van der Waals surface area contributed by atoms with Crippen molar-refractivity contribution in [2.45, 2.75) is 0 Å². The number of hydrogen-bond donors (Lipinski definition) is 0. The van der Waals surface area contributed by atoms with Gasteiger partial charge in [0.15, 0.2) is 16.5 Å². The van der Waals surface area contributed by atoms with Gasteiger partial charge in [0, 0.05) is 16.5 Å². The van der Waals surface area contributed by atoms with Gasteiger partial charge in [0.25, 0.3) is 0 Å². The molecule has 0 fully saturated rings. The second-order valence-electron chi connectivity index (χ2n) is 5.15. The van der Waals surface area contributed by atoms with E-state index in [2.05, 4.69) is 4.98 Å². The van der Waals surface area contributed by atoms with Crippen molar-refractivity contribution in [3.8, 4) is 28.5 Å². The van der Waals surface area contributed by atoms with Crippen LogP contribution in [0.1, 0.15) is 15.4 Å². The Morgan fingerprint density at radius 2 is 1.60 bits per heavy atom. The second-order valence-corrected chi connectivity index (χ2v) is 6.01. The maximum Gasteiger partial charge on any atom is 0.221 e. The fourth-order valence-electron chi connectivity index (χ4n) is 2.46. The molecule has 0 bridgehead atoms. The summed E-state index contributed by atoms with van der Waals surface area (Å²) in [6.45, 7) is 0. The van der Waals surface area contributed by atoms with Crippen molar-refractivity contribution in [2.24, 2.45) is 0 Å². The number of hydrogen-bond acceptors (Lipinski definition) is 6. The number of aromatic nitrogens is 1. The first kappa shape index (κ1) is 17.0. The first-order chi connectivity index (χ1) is 12.2. The molecule has 128 valence electrons. The monoisotopic (exact) mass is 355 g/mol. The van der Waals surface area contributed by atoms with Crippen molar-refractivity contribution in [3.05, 3.63) is 58.4 Å². The van der Waals surface area contributed by atoms with Crippen LogP contribution >= 0.6 is 11.3 Å². The molecule has 0 radical (unpaired) electrons. The molecule has 1 heterocycles. The highest BCUT2D eigenvalue weighted by atomic mass is 32.1. The smallest absolute Gasteiger partial charge is 0.221 e. The standard InChI is InChI=1S/C19H17NO4S/c1-22-15-9-13(10-16(23-2)18(15)24-3)17(21)19-20-14(11-25-19)12-7-5-4-6-8-12/h4-11H,1-3H3. The summed E-state index contributed by atoms with van der Waals surface area (Å²) in [6.07, 6.45) is 0. The molecule has 3 rings (SSSR count). The topological polar surface area (TPSA) is 57.7 Å². The predicted octanol–water partition coefficient (Wildman–Crippen LogP) is 4.07. The lowest BCUT2D eigenvalue weighted by atomic mass is 10.1. The van der Waals surface area contributed by atoms with Gasteiger partial charge in [-0.3, -0.25) is 4.79 Å². The molecule has 0 spiro atoms. The molecule has 0 saturated heterocycles. The van der Waals surface area contributed by atoms with Gasteiger partial charge in [-0.15, -0.1) is 11.3 Å². The molecule has 1 aromatic heterocycles. The molecular weight excluding hydrogens is 338 g/mol. The van der Waals surface area contributed by atoms with E-state index < -0.39 is 0 Å². The fourth-order valence-corrected chi connectivity index (χ4v) is 3.24. The number of methoxy groups -OCH3 is 3. The zero-order valence-electron chi connectivity index (χ0n) is 14.1. The normalized spacial score (nSPS) is 10.4. The van der Waals surface area contributed by atoms with Crippen LogP contribution in [0.4, 0.5) is 0 Å². The van der Waals surface area contributed by atoms with Gasteiger partial charge in [-0.05, 0) is 12.1 Å². The first-order valence-corrected chi connectivity index (χ1v) is 8.41. The van der Waals surface area contributed by atoms with E-state index >= 15 is 0 Å². The third-order valence-corrected chi connectivity index (χ3v) is 4.54. The van der Waals surface area contributed by atoms with E-state index in [0.29, 0.717) is 27.8 Å². The summed E-state index contributed by atoms with van der Waals surface area (Å²) in [5.74, 6) is 1.13. The molecule has 0 aliphatic heterocycles. The van der Waals surface area contributed by atoms with Gasteiger partial charge in [-0.1, -0.05) is 30.3 Å². The Balaban J connectivity index is 1.97. The Bertz CT molecular complexity index is 864. The van der Waals surface area contributed by atoms with Crippen molar-refractivity contribution in [3.63, 3.8) is 0 Å². The average Bonchev–Trinajstić information content (AvgIpc) is 3.17. The minimum Gasteiger partial charge on any atom is -0.493 e. The van der Waals surface area contributed by atoms with E-state index in [9.17, 15) is 4.79 Å². The van der Waals surface area contributed by atoms with Crippen LogP contribution in [0.25, 0.3) is 11.3 Å². The summed E-state index contributed by atoms with van der Waals surface area (Å²) in [6, 6.07) is 13.0. The van der Waals surface area contributed by atoms with Crippen LogP contribution in [-0.2, 0) is 0 Å².